The Balaban J connectivity index is 1.62. The van der Waals surface area contributed by atoms with Crippen molar-refractivity contribution in [3.05, 3.63) is 42.4 Å². The average molecular weight is 360 g/mol. The zero-order valence-electron chi connectivity index (χ0n) is 14.0. The molecule has 1 amide bonds. The standard InChI is InChI=1S/C17H18F2N6O/c18-15(19)13-12(9-25(23-13)11-5-2-1-3-6-11)22-17(26)14-16-20-7-4-8-24(16)10-21-14/h4,7-11,15H,1-3,5-6H2,(H,22,26). The van der Waals surface area contributed by atoms with Crippen LogP contribution >= 0.6 is 0 Å². The lowest BCUT2D eigenvalue weighted by Gasteiger charge is -2.21. The van der Waals surface area contributed by atoms with Crippen LogP contribution in [-0.4, -0.2) is 30.1 Å². The number of alkyl halides is 2. The largest absolute Gasteiger partial charge is 0.317 e. The van der Waals surface area contributed by atoms with Gasteiger partial charge in [-0.1, -0.05) is 19.3 Å². The molecule has 1 fully saturated rings. The van der Waals surface area contributed by atoms with Crippen molar-refractivity contribution in [1.29, 1.82) is 0 Å². The summed E-state index contributed by atoms with van der Waals surface area (Å²) in [6, 6.07) is 1.81. The summed E-state index contributed by atoms with van der Waals surface area (Å²) < 4.78 is 30.0. The van der Waals surface area contributed by atoms with Gasteiger partial charge in [0.1, 0.15) is 6.33 Å². The van der Waals surface area contributed by atoms with E-state index in [1.807, 2.05) is 0 Å². The molecule has 3 heterocycles. The highest BCUT2D eigenvalue weighted by Gasteiger charge is 2.25. The number of carbonyl (C=O) groups excluding carboxylic acids is 1. The summed E-state index contributed by atoms with van der Waals surface area (Å²) in [7, 11) is 0. The molecular formula is C17H18F2N6O. The third-order valence-corrected chi connectivity index (χ3v) is 4.68. The number of amides is 1. The second kappa shape index (κ2) is 6.81. The number of anilines is 1. The Labute approximate surface area is 148 Å². The van der Waals surface area contributed by atoms with Gasteiger partial charge in [-0.25, -0.2) is 18.7 Å². The Hall–Kier alpha value is -2.84. The topological polar surface area (TPSA) is 77.1 Å². The van der Waals surface area contributed by atoms with Crippen molar-refractivity contribution in [3.8, 4) is 0 Å². The van der Waals surface area contributed by atoms with Crippen molar-refractivity contribution in [2.45, 2.75) is 44.6 Å². The summed E-state index contributed by atoms with van der Waals surface area (Å²) in [5.41, 5.74) is 0.0487. The van der Waals surface area contributed by atoms with E-state index in [1.54, 1.807) is 27.5 Å². The van der Waals surface area contributed by atoms with Crippen LogP contribution in [0.25, 0.3) is 5.65 Å². The lowest BCUT2D eigenvalue weighted by Crippen LogP contribution is -2.14. The molecule has 0 aliphatic heterocycles. The van der Waals surface area contributed by atoms with Gasteiger partial charge in [0.05, 0.1) is 11.7 Å². The van der Waals surface area contributed by atoms with Crippen LogP contribution in [-0.2, 0) is 0 Å². The van der Waals surface area contributed by atoms with Crippen molar-refractivity contribution in [3.63, 3.8) is 0 Å². The predicted octanol–water partition coefficient (Wildman–Crippen LogP) is 3.62. The molecule has 0 radical (unpaired) electrons. The molecule has 1 N–H and O–H groups in total. The molecule has 9 heteroatoms. The summed E-state index contributed by atoms with van der Waals surface area (Å²) in [4.78, 5) is 20.7. The first-order chi connectivity index (χ1) is 12.6. The van der Waals surface area contributed by atoms with E-state index >= 15 is 0 Å². The smallest absolute Gasteiger partial charge is 0.284 e. The Morgan fingerprint density at radius 2 is 2.04 bits per heavy atom. The van der Waals surface area contributed by atoms with Crippen LogP contribution in [0, 0.1) is 0 Å². The van der Waals surface area contributed by atoms with Crippen molar-refractivity contribution >= 4 is 17.2 Å². The van der Waals surface area contributed by atoms with E-state index in [2.05, 4.69) is 20.4 Å². The minimum atomic E-state index is -2.77. The summed E-state index contributed by atoms with van der Waals surface area (Å²) >= 11 is 0. The molecule has 3 aromatic heterocycles. The van der Waals surface area contributed by atoms with Crippen LogP contribution in [0.5, 0.6) is 0 Å². The average Bonchev–Trinajstić information content (AvgIpc) is 3.27. The molecule has 26 heavy (non-hydrogen) atoms. The van der Waals surface area contributed by atoms with E-state index in [4.69, 9.17) is 0 Å². The molecule has 7 nitrogen and oxygen atoms in total. The van der Waals surface area contributed by atoms with Crippen molar-refractivity contribution in [2.75, 3.05) is 5.32 Å². The number of carbonyl (C=O) groups is 1. The number of fused-ring (bicyclic) bond motifs is 1. The second-order valence-corrected chi connectivity index (χ2v) is 6.40. The van der Waals surface area contributed by atoms with Gasteiger partial charge >= 0.3 is 0 Å². The molecule has 1 aliphatic carbocycles. The van der Waals surface area contributed by atoms with E-state index in [-0.39, 0.29) is 17.4 Å². The number of nitrogens with one attached hydrogen (secondary N) is 1. The van der Waals surface area contributed by atoms with Crippen molar-refractivity contribution in [2.24, 2.45) is 0 Å². The van der Waals surface area contributed by atoms with Crippen LogP contribution in [0.1, 0.15) is 60.8 Å². The number of imidazole rings is 1. The monoisotopic (exact) mass is 360 g/mol. The van der Waals surface area contributed by atoms with E-state index in [0.29, 0.717) is 5.65 Å². The van der Waals surface area contributed by atoms with Gasteiger partial charge in [-0.2, -0.15) is 5.10 Å². The molecule has 0 aromatic carbocycles. The Kier molecular flexibility index (Phi) is 4.36. The fraction of sp³-hybridized carbons (Fsp3) is 0.412. The molecule has 1 saturated carbocycles. The molecule has 4 rings (SSSR count). The van der Waals surface area contributed by atoms with E-state index in [9.17, 15) is 13.6 Å². The van der Waals surface area contributed by atoms with E-state index < -0.39 is 18.0 Å². The first-order valence-electron chi connectivity index (χ1n) is 8.59. The summed E-state index contributed by atoms with van der Waals surface area (Å²) in [6.07, 6.45) is 8.52. The number of hydrogen-bond acceptors (Lipinski definition) is 4. The number of halogens is 2. The number of nitrogens with zero attached hydrogens (tertiary/aromatic N) is 5. The number of rotatable bonds is 4. The van der Waals surface area contributed by atoms with Gasteiger partial charge in [0.25, 0.3) is 12.3 Å². The van der Waals surface area contributed by atoms with E-state index in [1.165, 1.54) is 12.5 Å². The van der Waals surface area contributed by atoms with Crippen LogP contribution in [0.15, 0.2) is 31.0 Å². The third-order valence-electron chi connectivity index (χ3n) is 4.68. The van der Waals surface area contributed by atoms with Crippen LogP contribution < -0.4 is 5.32 Å². The summed E-state index contributed by atoms with van der Waals surface area (Å²) in [6.45, 7) is 0. The maximum absolute atomic E-state index is 13.4. The minimum Gasteiger partial charge on any atom is -0.317 e. The fourth-order valence-electron chi connectivity index (χ4n) is 3.37. The molecule has 0 saturated heterocycles. The van der Waals surface area contributed by atoms with Gasteiger partial charge < -0.3 is 5.32 Å². The molecule has 1 aliphatic rings. The van der Waals surface area contributed by atoms with E-state index in [0.717, 1.165) is 32.1 Å². The summed E-state index contributed by atoms with van der Waals surface area (Å²) in [5, 5.41) is 6.57. The van der Waals surface area contributed by atoms with Crippen molar-refractivity contribution in [1.82, 2.24) is 24.1 Å². The Morgan fingerprint density at radius 1 is 1.23 bits per heavy atom. The highest BCUT2D eigenvalue weighted by Crippen LogP contribution is 2.32. The molecule has 0 atom stereocenters. The predicted molar refractivity (Wildman–Crippen MR) is 90.2 cm³/mol. The van der Waals surface area contributed by atoms with Gasteiger partial charge in [0.2, 0.25) is 0 Å². The Morgan fingerprint density at radius 3 is 2.81 bits per heavy atom. The van der Waals surface area contributed by atoms with Gasteiger partial charge in [-0.15, -0.1) is 0 Å². The molecule has 0 unspecified atom stereocenters. The normalized spacial score (nSPS) is 15.7. The lowest BCUT2D eigenvalue weighted by molar-refractivity contribution is 0.102. The second-order valence-electron chi connectivity index (χ2n) is 6.40. The molecule has 0 spiro atoms. The van der Waals surface area contributed by atoms with Gasteiger partial charge in [0.15, 0.2) is 17.0 Å². The van der Waals surface area contributed by atoms with Crippen LogP contribution in [0.3, 0.4) is 0 Å². The Bertz CT molecular complexity index is 928. The fourth-order valence-corrected chi connectivity index (χ4v) is 3.37. The maximum Gasteiger partial charge on any atom is 0.284 e. The van der Waals surface area contributed by atoms with Crippen LogP contribution in [0.4, 0.5) is 14.5 Å². The van der Waals surface area contributed by atoms with Gasteiger partial charge in [0, 0.05) is 18.6 Å². The first kappa shape index (κ1) is 16.6. The molecule has 0 bridgehead atoms. The molecular weight excluding hydrogens is 342 g/mol. The van der Waals surface area contributed by atoms with Crippen LogP contribution in [0.2, 0.25) is 0 Å². The quantitative estimate of drug-likeness (QED) is 0.771. The SMILES string of the molecule is O=C(Nc1cn(C2CCCCC2)nc1C(F)F)c1ncn2cccnc12. The molecule has 136 valence electrons. The third kappa shape index (κ3) is 3.04. The highest BCUT2D eigenvalue weighted by atomic mass is 19.3. The highest BCUT2D eigenvalue weighted by molar-refractivity contribution is 6.07. The van der Waals surface area contributed by atoms with Crippen molar-refractivity contribution < 1.29 is 13.6 Å². The van der Waals surface area contributed by atoms with Gasteiger partial charge in [-0.05, 0) is 18.9 Å². The minimum absolute atomic E-state index is 0.0210. The summed E-state index contributed by atoms with van der Waals surface area (Å²) in [5.74, 6) is -0.587. The molecule has 3 aromatic rings. The maximum atomic E-state index is 13.4. The zero-order valence-corrected chi connectivity index (χ0v) is 14.0. The lowest BCUT2D eigenvalue weighted by atomic mass is 9.96. The number of aromatic nitrogens is 5. The first-order valence-corrected chi connectivity index (χ1v) is 8.59. The zero-order chi connectivity index (χ0) is 18.1. The number of hydrogen-bond donors (Lipinski definition) is 1. The van der Waals surface area contributed by atoms with Gasteiger partial charge in [-0.3, -0.25) is 13.9 Å².